The molecule has 1 aromatic heterocycles. The van der Waals surface area contributed by atoms with Crippen molar-refractivity contribution in [3.63, 3.8) is 0 Å². The molecule has 2 N–H and O–H groups in total. The highest BCUT2D eigenvalue weighted by atomic mass is 32.2. The fourth-order valence-electron chi connectivity index (χ4n) is 2.74. The average Bonchev–Trinajstić information content (AvgIpc) is 3.11. The fourth-order valence-corrected chi connectivity index (χ4v) is 3.60. The van der Waals surface area contributed by atoms with Gasteiger partial charge in [0.2, 0.25) is 0 Å². The number of para-hydroxylation sites is 1. The molecule has 7 nitrogen and oxygen atoms in total. The number of rotatable bonds is 5. The molecule has 26 heavy (non-hydrogen) atoms. The van der Waals surface area contributed by atoms with E-state index in [4.69, 9.17) is 17.0 Å². The lowest BCUT2D eigenvalue weighted by Gasteiger charge is -2.28. The summed E-state index contributed by atoms with van der Waals surface area (Å²) in [5.41, 5.74) is 2.61. The maximum Gasteiger partial charge on any atom is 0.338 e. The van der Waals surface area contributed by atoms with Crippen LogP contribution in [0.3, 0.4) is 0 Å². The van der Waals surface area contributed by atoms with Gasteiger partial charge in [-0.15, -0.1) is 16.9 Å². The summed E-state index contributed by atoms with van der Waals surface area (Å²) in [6.45, 7) is 3.85. The number of carbonyl (C=O) groups is 1. The molecule has 0 bridgehead atoms. The van der Waals surface area contributed by atoms with Crippen molar-refractivity contribution in [2.45, 2.75) is 24.8 Å². The molecule has 0 fully saturated rings. The summed E-state index contributed by atoms with van der Waals surface area (Å²) in [6, 6.07) is 7.40. The zero-order valence-corrected chi connectivity index (χ0v) is 16.3. The van der Waals surface area contributed by atoms with E-state index in [1.807, 2.05) is 30.5 Å². The standard InChI is InChI=1S/C17H19N5O2S2/c1-4-24-16(23)14-10(2)18-17(25)19-15(14)11-9-22(21-20-11)12-7-5-6-8-13(12)26-3/h5-9,15H,4H2,1-3H3,(H2,18,19,25). The SMILES string of the molecule is CCOC(=O)C1=C(C)NC(=S)NC1c1cn(-c2ccccc2SC)nn1. The Kier molecular flexibility index (Phi) is 5.58. The van der Waals surface area contributed by atoms with Gasteiger partial charge in [0.25, 0.3) is 0 Å². The molecule has 1 aliphatic rings. The maximum atomic E-state index is 12.4. The lowest BCUT2D eigenvalue weighted by Crippen LogP contribution is -2.45. The summed E-state index contributed by atoms with van der Waals surface area (Å²) in [4.78, 5) is 13.5. The first-order chi connectivity index (χ1) is 12.5. The lowest BCUT2D eigenvalue weighted by molar-refractivity contribution is -0.139. The second-order valence-corrected chi connectivity index (χ2v) is 6.81. The molecule has 1 atom stereocenters. The Morgan fingerprint density at radius 1 is 1.42 bits per heavy atom. The number of hydrogen-bond acceptors (Lipinski definition) is 6. The van der Waals surface area contributed by atoms with Crippen molar-refractivity contribution in [3.8, 4) is 5.69 Å². The Balaban J connectivity index is 2.00. The summed E-state index contributed by atoms with van der Waals surface area (Å²) in [7, 11) is 0. The van der Waals surface area contributed by atoms with Crippen LogP contribution in [0.2, 0.25) is 0 Å². The van der Waals surface area contributed by atoms with Gasteiger partial charge in [-0.05, 0) is 44.5 Å². The molecule has 136 valence electrons. The van der Waals surface area contributed by atoms with Crippen LogP contribution in [-0.4, -0.2) is 38.9 Å². The van der Waals surface area contributed by atoms with Gasteiger partial charge >= 0.3 is 5.97 Å². The summed E-state index contributed by atoms with van der Waals surface area (Å²) in [6.07, 6.45) is 3.81. The van der Waals surface area contributed by atoms with E-state index >= 15 is 0 Å². The van der Waals surface area contributed by atoms with Crippen LogP contribution in [0, 0.1) is 0 Å². The van der Waals surface area contributed by atoms with Gasteiger partial charge in [0.15, 0.2) is 5.11 Å². The molecule has 0 saturated carbocycles. The third kappa shape index (κ3) is 3.58. The Bertz CT molecular complexity index is 878. The number of carbonyl (C=O) groups excluding carboxylic acids is 1. The normalized spacial score (nSPS) is 16.9. The summed E-state index contributed by atoms with van der Waals surface area (Å²) in [5.74, 6) is -0.406. The topological polar surface area (TPSA) is 81.1 Å². The molecule has 0 aliphatic carbocycles. The van der Waals surface area contributed by atoms with E-state index in [0.717, 1.165) is 10.6 Å². The predicted molar refractivity (Wildman–Crippen MR) is 104 cm³/mol. The zero-order chi connectivity index (χ0) is 18.7. The molecule has 1 aromatic carbocycles. The Labute approximate surface area is 161 Å². The number of allylic oxidation sites excluding steroid dienone is 1. The molecule has 1 unspecified atom stereocenters. The van der Waals surface area contributed by atoms with E-state index < -0.39 is 12.0 Å². The third-order valence-electron chi connectivity index (χ3n) is 3.90. The van der Waals surface area contributed by atoms with Crippen LogP contribution in [0.4, 0.5) is 0 Å². The third-order valence-corrected chi connectivity index (χ3v) is 4.91. The first-order valence-electron chi connectivity index (χ1n) is 8.06. The summed E-state index contributed by atoms with van der Waals surface area (Å²) >= 11 is 6.87. The summed E-state index contributed by atoms with van der Waals surface area (Å²) < 4.78 is 6.89. The molecule has 0 saturated heterocycles. The van der Waals surface area contributed by atoms with Crippen molar-refractivity contribution < 1.29 is 9.53 Å². The van der Waals surface area contributed by atoms with Crippen LogP contribution in [0.25, 0.3) is 5.69 Å². The van der Waals surface area contributed by atoms with Gasteiger partial charge in [-0.25, -0.2) is 9.48 Å². The second-order valence-electron chi connectivity index (χ2n) is 5.55. The van der Waals surface area contributed by atoms with Gasteiger partial charge in [0.05, 0.1) is 24.1 Å². The molecule has 9 heteroatoms. The molecular formula is C17H19N5O2S2. The van der Waals surface area contributed by atoms with Gasteiger partial charge in [-0.1, -0.05) is 17.3 Å². The van der Waals surface area contributed by atoms with Gasteiger partial charge in [-0.3, -0.25) is 0 Å². The zero-order valence-electron chi connectivity index (χ0n) is 14.6. The van der Waals surface area contributed by atoms with Crippen LogP contribution < -0.4 is 10.6 Å². The number of esters is 1. The minimum atomic E-state index is -0.516. The number of thiocarbonyl (C=S) groups is 1. The first-order valence-corrected chi connectivity index (χ1v) is 9.69. The monoisotopic (exact) mass is 389 g/mol. The molecule has 3 rings (SSSR count). The molecule has 0 spiro atoms. The van der Waals surface area contributed by atoms with E-state index in [9.17, 15) is 4.79 Å². The number of nitrogens with one attached hydrogen (secondary N) is 2. The van der Waals surface area contributed by atoms with Gasteiger partial charge in [0, 0.05) is 10.6 Å². The number of benzene rings is 1. The lowest BCUT2D eigenvalue weighted by atomic mass is 10.0. The highest BCUT2D eigenvalue weighted by Crippen LogP contribution is 2.28. The van der Waals surface area contributed by atoms with Gasteiger partial charge in [-0.2, -0.15) is 0 Å². The summed E-state index contributed by atoms with van der Waals surface area (Å²) in [5, 5.41) is 15.0. The van der Waals surface area contributed by atoms with E-state index in [0.29, 0.717) is 28.7 Å². The predicted octanol–water partition coefficient (Wildman–Crippen LogP) is 2.35. The molecule has 1 aliphatic heterocycles. The molecule has 2 heterocycles. The molecular weight excluding hydrogens is 370 g/mol. The van der Waals surface area contributed by atoms with E-state index in [1.165, 1.54) is 0 Å². The van der Waals surface area contributed by atoms with Crippen molar-refractivity contribution >= 4 is 35.1 Å². The minimum Gasteiger partial charge on any atom is -0.463 e. The highest BCUT2D eigenvalue weighted by molar-refractivity contribution is 7.98. The Morgan fingerprint density at radius 2 is 2.19 bits per heavy atom. The van der Waals surface area contributed by atoms with Crippen LogP contribution in [-0.2, 0) is 9.53 Å². The molecule has 2 aromatic rings. The Hall–Kier alpha value is -2.39. The smallest absolute Gasteiger partial charge is 0.338 e. The van der Waals surface area contributed by atoms with Crippen molar-refractivity contribution in [1.82, 2.24) is 25.6 Å². The number of hydrogen-bond donors (Lipinski definition) is 2. The highest BCUT2D eigenvalue weighted by Gasteiger charge is 2.32. The number of ether oxygens (including phenoxy) is 1. The second kappa shape index (κ2) is 7.88. The van der Waals surface area contributed by atoms with E-state index in [1.54, 1.807) is 36.5 Å². The molecule has 0 radical (unpaired) electrons. The maximum absolute atomic E-state index is 12.4. The van der Waals surface area contributed by atoms with Gasteiger partial charge in [0.1, 0.15) is 11.7 Å². The quantitative estimate of drug-likeness (QED) is 0.458. The van der Waals surface area contributed by atoms with Crippen molar-refractivity contribution in [3.05, 3.63) is 47.4 Å². The first kappa shape index (κ1) is 18.4. The Morgan fingerprint density at radius 3 is 2.92 bits per heavy atom. The van der Waals surface area contributed by atoms with Crippen molar-refractivity contribution in [1.29, 1.82) is 0 Å². The van der Waals surface area contributed by atoms with Crippen LogP contribution in [0.15, 0.2) is 46.6 Å². The molecule has 0 amide bonds. The van der Waals surface area contributed by atoms with E-state index in [2.05, 4.69) is 20.9 Å². The van der Waals surface area contributed by atoms with E-state index in [-0.39, 0.29) is 0 Å². The average molecular weight is 390 g/mol. The largest absolute Gasteiger partial charge is 0.463 e. The van der Waals surface area contributed by atoms with Gasteiger partial charge < -0.3 is 15.4 Å². The van der Waals surface area contributed by atoms with Crippen LogP contribution in [0.5, 0.6) is 0 Å². The fraction of sp³-hybridized carbons (Fsp3) is 0.294. The number of nitrogens with zero attached hydrogens (tertiary/aromatic N) is 3. The minimum absolute atomic E-state index is 0.292. The van der Waals surface area contributed by atoms with Crippen LogP contribution in [0.1, 0.15) is 25.6 Å². The number of thioether (sulfide) groups is 1. The van der Waals surface area contributed by atoms with Crippen LogP contribution >= 0.6 is 24.0 Å². The van der Waals surface area contributed by atoms with Crippen molar-refractivity contribution in [2.75, 3.05) is 12.9 Å². The van der Waals surface area contributed by atoms with Crippen molar-refractivity contribution in [2.24, 2.45) is 0 Å². The number of aromatic nitrogens is 3.